The van der Waals surface area contributed by atoms with Crippen LogP contribution in [0, 0.1) is 0 Å². The molecule has 110 valence electrons. The van der Waals surface area contributed by atoms with Gasteiger partial charge in [0.15, 0.2) is 5.78 Å². The number of Topliss-reactive ketones (excluding diaryl/α,β-unsaturated/α-hetero) is 1. The Morgan fingerprint density at radius 2 is 2.19 bits per heavy atom. The molecule has 1 unspecified atom stereocenters. The van der Waals surface area contributed by atoms with Gasteiger partial charge in [0.05, 0.1) is 31.4 Å². The van der Waals surface area contributed by atoms with E-state index >= 15 is 0 Å². The van der Waals surface area contributed by atoms with Crippen LogP contribution < -0.4 is 10.1 Å². The number of hydrogen-bond donors (Lipinski definition) is 1. The number of fused-ring (bicyclic) bond motifs is 1. The third-order valence-corrected chi connectivity index (χ3v) is 3.90. The average Bonchev–Trinajstić information content (AvgIpc) is 2.95. The van der Waals surface area contributed by atoms with Gasteiger partial charge in [-0.2, -0.15) is 5.10 Å². The fourth-order valence-electron chi connectivity index (χ4n) is 2.48. The second kappa shape index (κ2) is 5.87. The quantitative estimate of drug-likeness (QED) is 0.878. The van der Waals surface area contributed by atoms with Gasteiger partial charge in [0.25, 0.3) is 0 Å². The van der Waals surface area contributed by atoms with E-state index in [0.717, 1.165) is 17.0 Å². The number of methoxy groups -OCH3 is 1. The summed E-state index contributed by atoms with van der Waals surface area (Å²) >= 11 is 5.77. The molecular formula is C15H16ClN3O2. The number of halogens is 1. The van der Waals surface area contributed by atoms with E-state index in [1.165, 1.54) is 0 Å². The maximum atomic E-state index is 12.5. The standard InChI is InChI=1S/C15H16ClN3O2/c1-21-12-4-2-10(3-5-12)6-13-15(20)14-7-11(8-16)18-19(14)9-17-13/h2-5,7,13,17H,6,8-9H2,1H3. The Morgan fingerprint density at radius 1 is 1.43 bits per heavy atom. The van der Waals surface area contributed by atoms with Gasteiger partial charge in [0.2, 0.25) is 0 Å². The van der Waals surface area contributed by atoms with Crippen LogP contribution in [0.4, 0.5) is 0 Å². The van der Waals surface area contributed by atoms with Crippen molar-refractivity contribution in [2.45, 2.75) is 25.0 Å². The topological polar surface area (TPSA) is 56.1 Å². The Balaban J connectivity index is 1.76. The maximum Gasteiger partial charge on any atom is 0.198 e. The second-order valence-corrected chi connectivity index (χ2v) is 5.25. The zero-order valence-electron chi connectivity index (χ0n) is 11.7. The van der Waals surface area contributed by atoms with E-state index in [4.69, 9.17) is 16.3 Å². The van der Waals surface area contributed by atoms with Gasteiger partial charge in [0, 0.05) is 0 Å². The van der Waals surface area contributed by atoms with E-state index in [0.29, 0.717) is 24.7 Å². The van der Waals surface area contributed by atoms with Crippen molar-refractivity contribution in [3.63, 3.8) is 0 Å². The first-order valence-electron chi connectivity index (χ1n) is 6.74. The van der Waals surface area contributed by atoms with Crippen LogP contribution in [-0.4, -0.2) is 28.7 Å². The molecule has 0 amide bonds. The van der Waals surface area contributed by atoms with Crippen molar-refractivity contribution in [2.24, 2.45) is 0 Å². The summed E-state index contributed by atoms with van der Waals surface area (Å²) in [6, 6.07) is 9.30. The molecule has 1 aromatic heterocycles. The smallest absolute Gasteiger partial charge is 0.198 e. The Labute approximate surface area is 127 Å². The summed E-state index contributed by atoms with van der Waals surface area (Å²) in [7, 11) is 1.64. The molecular weight excluding hydrogens is 290 g/mol. The number of rotatable bonds is 4. The van der Waals surface area contributed by atoms with E-state index in [-0.39, 0.29) is 11.8 Å². The number of benzene rings is 1. The second-order valence-electron chi connectivity index (χ2n) is 4.99. The first kappa shape index (κ1) is 14.1. The van der Waals surface area contributed by atoms with E-state index in [2.05, 4.69) is 10.4 Å². The third kappa shape index (κ3) is 2.80. The summed E-state index contributed by atoms with van der Waals surface area (Å²) in [6.45, 7) is 0.527. The highest BCUT2D eigenvalue weighted by Crippen LogP contribution is 2.18. The van der Waals surface area contributed by atoms with Crippen LogP contribution in [0.25, 0.3) is 0 Å². The van der Waals surface area contributed by atoms with Crippen LogP contribution in [-0.2, 0) is 19.0 Å². The highest BCUT2D eigenvalue weighted by Gasteiger charge is 2.28. The van der Waals surface area contributed by atoms with Crippen molar-refractivity contribution in [3.05, 3.63) is 47.3 Å². The zero-order chi connectivity index (χ0) is 14.8. The molecule has 1 aliphatic rings. The number of nitrogens with zero attached hydrogens (tertiary/aromatic N) is 2. The molecule has 0 saturated heterocycles. The number of hydrogen-bond acceptors (Lipinski definition) is 4. The number of carbonyl (C=O) groups is 1. The van der Waals surface area contributed by atoms with Crippen LogP contribution in [0.15, 0.2) is 30.3 Å². The van der Waals surface area contributed by atoms with Crippen molar-refractivity contribution in [1.82, 2.24) is 15.1 Å². The molecule has 5 nitrogen and oxygen atoms in total. The van der Waals surface area contributed by atoms with Gasteiger partial charge >= 0.3 is 0 Å². The van der Waals surface area contributed by atoms with Crippen molar-refractivity contribution >= 4 is 17.4 Å². The van der Waals surface area contributed by atoms with Gasteiger partial charge in [-0.25, -0.2) is 4.68 Å². The lowest BCUT2D eigenvalue weighted by Gasteiger charge is -2.23. The Bertz CT molecular complexity index is 651. The minimum Gasteiger partial charge on any atom is -0.497 e. The van der Waals surface area contributed by atoms with Crippen LogP contribution >= 0.6 is 11.6 Å². The molecule has 0 radical (unpaired) electrons. The van der Waals surface area contributed by atoms with Crippen LogP contribution in [0.3, 0.4) is 0 Å². The van der Waals surface area contributed by atoms with E-state index in [1.807, 2.05) is 24.3 Å². The molecule has 3 rings (SSSR count). The third-order valence-electron chi connectivity index (χ3n) is 3.62. The van der Waals surface area contributed by atoms with Crippen molar-refractivity contribution in [3.8, 4) is 5.75 Å². The summed E-state index contributed by atoms with van der Waals surface area (Å²) in [5.41, 5.74) is 2.45. The summed E-state index contributed by atoms with van der Waals surface area (Å²) in [6.07, 6.45) is 0.643. The number of nitrogens with one attached hydrogen (secondary N) is 1. The van der Waals surface area contributed by atoms with E-state index in [9.17, 15) is 4.79 Å². The number of ether oxygens (including phenoxy) is 1. The molecule has 0 saturated carbocycles. The molecule has 21 heavy (non-hydrogen) atoms. The number of ketones is 1. The van der Waals surface area contributed by atoms with Crippen LogP contribution in [0.1, 0.15) is 21.7 Å². The molecule has 2 heterocycles. The first-order valence-corrected chi connectivity index (χ1v) is 7.28. The molecule has 0 fully saturated rings. The molecule has 1 atom stereocenters. The molecule has 0 bridgehead atoms. The number of aromatic nitrogens is 2. The molecule has 0 aliphatic carbocycles. The molecule has 2 aromatic rings. The molecule has 0 spiro atoms. The highest BCUT2D eigenvalue weighted by molar-refractivity contribution is 6.17. The van der Waals surface area contributed by atoms with Crippen LogP contribution in [0.2, 0.25) is 0 Å². The number of alkyl halides is 1. The predicted molar refractivity (Wildman–Crippen MR) is 79.7 cm³/mol. The Morgan fingerprint density at radius 3 is 2.86 bits per heavy atom. The molecule has 1 aliphatic heterocycles. The summed E-state index contributed by atoms with van der Waals surface area (Å²) in [5, 5.41) is 7.48. The van der Waals surface area contributed by atoms with Gasteiger partial charge in [-0.3, -0.25) is 10.1 Å². The monoisotopic (exact) mass is 305 g/mol. The fraction of sp³-hybridized carbons (Fsp3) is 0.333. The lowest BCUT2D eigenvalue weighted by Crippen LogP contribution is -2.45. The summed E-state index contributed by atoms with van der Waals surface area (Å²) < 4.78 is 6.81. The Kier molecular flexibility index (Phi) is 3.94. The van der Waals surface area contributed by atoms with Crippen LogP contribution in [0.5, 0.6) is 5.75 Å². The predicted octanol–water partition coefficient (Wildman–Crippen LogP) is 1.99. The zero-order valence-corrected chi connectivity index (χ0v) is 12.4. The summed E-state index contributed by atoms with van der Waals surface area (Å²) in [5.74, 6) is 1.18. The fourth-order valence-corrected chi connectivity index (χ4v) is 2.61. The SMILES string of the molecule is COc1ccc(CC2NCn3nc(CCl)cc3C2=O)cc1. The lowest BCUT2D eigenvalue weighted by atomic mass is 9.99. The molecule has 1 N–H and O–H groups in total. The highest BCUT2D eigenvalue weighted by atomic mass is 35.5. The molecule has 1 aromatic carbocycles. The van der Waals surface area contributed by atoms with Gasteiger partial charge in [0.1, 0.15) is 11.4 Å². The minimum absolute atomic E-state index is 0.0564. The van der Waals surface area contributed by atoms with Gasteiger partial charge in [-0.1, -0.05) is 12.1 Å². The largest absolute Gasteiger partial charge is 0.497 e. The lowest BCUT2D eigenvalue weighted by molar-refractivity contribution is 0.0900. The van der Waals surface area contributed by atoms with Gasteiger partial charge in [-0.15, -0.1) is 11.6 Å². The van der Waals surface area contributed by atoms with Gasteiger partial charge in [-0.05, 0) is 30.2 Å². The normalized spacial score (nSPS) is 17.6. The molecule has 6 heteroatoms. The van der Waals surface area contributed by atoms with Crippen molar-refractivity contribution in [2.75, 3.05) is 7.11 Å². The van der Waals surface area contributed by atoms with E-state index < -0.39 is 0 Å². The van der Waals surface area contributed by atoms with E-state index in [1.54, 1.807) is 17.9 Å². The summed E-state index contributed by atoms with van der Waals surface area (Å²) in [4.78, 5) is 12.5. The number of carbonyl (C=O) groups excluding carboxylic acids is 1. The average molecular weight is 306 g/mol. The first-order chi connectivity index (χ1) is 10.2. The van der Waals surface area contributed by atoms with Gasteiger partial charge < -0.3 is 4.74 Å². The minimum atomic E-state index is -0.231. The van der Waals surface area contributed by atoms with Crippen molar-refractivity contribution in [1.29, 1.82) is 0 Å². The maximum absolute atomic E-state index is 12.5. The Hall–Kier alpha value is -1.85. The van der Waals surface area contributed by atoms with Crippen molar-refractivity contribution < 1.29 is 9.53 Å².